The lowest BCUT2D eigenvalue weighted by Gasteiger charge is -2.36. The lowest BCUT2D eigenvalue weighted by atomic mass is 9.99. The van der Waals surface area contributed by atoms with Gasteiger partial charge in [0, 0.05) is 24.8 Å². The second-order valence-corrected chi connectivity index (χ2v) is 11.0. The number of anilines is 2. The number of hydrogen-bond acceptors (Lipinski definition) is 5. The van der Waals surface area contributed by atoms with E-state index in [1.54, 1.807) is 18.2 Å². The number of ether oxygens (including phenoxy) is 2. The summed E-state index contributed by atoms with van der Waals surface area (Å²) in [7, 11) is 5.93. The van der Waals surface area contributed by atoms with E-state index in [-0.39, 0.29) is 42.6 Å². The first-order valence-corrected chi connectivity index (χ1v) is 13.8. The van der Waals surface area contributed by atoms with Gasteiger partial charge < -0.3 is 48.4 Å². The topological polar surface area (TPSA) is 96.9 Å². The maximum absolute atomic E-state index is 12.9. The van der Waals surface area contributed by atoms with Crippen molar-refractivity contribution in [1.82, 2.24) is 0 Å². The average Bonchev–Trinajstić information content (AvgIpc) is 2.95. The van der Waals surface area contributed by atoms with Crippen molar-refractivity contribution in [3.63, 3.8) is 0 Å². The Balaban J connectivity index is 0.00000462. The van der Waals surface area contributed by atoms with Gasteiger partial charge in [-0.25, -0.2) is 4.79 Å². The number of carbonyl (C=O) groups is 2. The van der Waals surface area contributed by atoms with E-state index in [1.165, 1.54) is 7.11 Å². The number of rotatable bonds is 10. The number of piperidine rings is 1. The van der Waals surface area contributed by atoms with Crippen molar-refractivity contribution in [1.29, 1.82) is 0 Å². The molecule has 4 rings (SSSR count). The number of amides is 2. The Labute approximate surface area is 259 Å². The maximum Gasteiger partial charge on any atom is 0.411 e. The van der Waals surface area contributed by atoms with E-state index in [0.29, 0.717) is 42.0 Å². The maximum atomic E-state index is 12.9. The third-order valence-corrected chi connectivity index (χ3v) is 7.38. The highest BCUT2D eigenvalue weighted by atomic mass is 127. The number of likely N-dealkylation sites (tertiary alicyclic amines) is 1. The highest BCUT2D eigenvalue weighted by Gasteiger charge is 2.28. The van der Waals surface area contributed by atoms with Crippen LogP contribution in [0.25, 0.3) is 11.1 Å². The SMILES string of the molecule is COc1cc(CO)ccc1NC(=O)CCCc1ccc(-c2ccccc2)c(NC(=O)OC2CC[N+](C)(C)CC2)c1.[I-]. The van der Waals surface area contributed by atoms with Crippen molar-refractivity contribution in [2.24, 2.45) is 0 Å². The van der Waals surface area contributed by atoms with Crippen LogP contribution in [0.1, 0.15) is 36.8 Å². The molecular weight excluding hydrogens is 633 g/mol. The van der Waals surface area contributed by atoms with E-state index in [1.807, 2.05) is 48.5 Å². The van der Waals surface area contributed by atoms with Crippen molar-refractivity contribution in [3.8, 4) is 16.9 Å². The monoisotopic (exact) mass is 673 g/mol. The summed E-state index contributed by atoms with van der Waals surface area (Å²) in [5.74, 6) is 0.391. The summed E-state index contributed by atoms with van der Waals surface area (Å²) in [6.07, 6.45) is 2.82. The van der Waals surface area contributed by atoms with Crippen molar-refractivity contribution in [3.05, 3.63) is 77.9 Å². The first-order chi connectivity index (χ1) is 19.3. The fraction of sp³-hybridized carbons (Fsp3) is 0.375. The molecule has 0 atom stereocenters. The third kappa shape index (κ3) is 9.44. The number of quaternary nitrogens is 1. The zero-order valence-corrected chi connectivity index (χ0v) is 26.1. The van der Waals surface area contributed by atoms with Crippen LogP contribution < -0.4 is 39.3 Å². The van der Waals surface area contributed by atoms with Crippen LogP contribution in [-0.4, -0.2) is 62.0 Å². The van der Waals surface area contributed by atoms with Gasteiger partial charge in [0.25, 0.3) is 0 Å². The second-order valence-electron chi connectivity index (χ2n) is 11.0. The molecule has 1 fully saturated rings. The van der Waals surface area contributed by atoms with Crippen molar-refractivity contribution < 1.29 is 52.6 Å². The fourth-order valence-corrected chi connectivity index (χ4v) is 4.97. The van der Waals surface area contributed by atoms with Crippen molar-refractivity contribution in [2.45, 2.75) is 44.8 Å². The van der Waals surface area contributed by atoms with Gasteiger partial charge in [0.15, 0.2) is 0 Å². The predicted octanol–water partition coefficient (Wildman–Crippen LogP) is 2.61. The van der Waals surface area contributed by atoms with Crippen LogP contribution in [-0.2, 0) is 22.6 Å². The Morgan fingerprint density at radius 3 is 2.32 bits per heavy atom. The molecule has 2 amide bonds. The molecule has 1 heterocycles. The molecule has 0 radical (unpaired) electrons. The predicted molar refractivity (Wildman–Crippen MR) is 157 cm³/mol. The third-order valence-electron chi connectivity index (χ3n) is 7.38. The van der Waals surface area contributed by atoms with E-state index < -0.39 is 6.09 Å². The second kappa shape index (κ2) is 15.2. The number of carbonyl (C=O) groups excluding carboxylic acids is 2. The van der Waals surface area contributed by atoms with Crippen molar-refractivity contribution >= 4 is 23.4 Å². The van der Waals surface area contributed by atoms with Gasteiger partial charge >= 0.3 is 6.09 Å². The zero-order chi connectivity index (χ0) is 28.5. The number of aliphatic hydroxyl groups excluding tert-OH is 1. The fourth-order valence-electron chi connectivity index (χ4n) is 4.97. The molecule has 3 N–H and O–H groups in total. The largest absolute Gasteiger partial charge is 1.00 e. The Kier molecular flexibility index (Phi) is 12.0. The molecule has 220 valence electrons. The van der Waals surface area contributed by atoms with Gasteiger partial charge in [-0.05, 0) is 47.7 Å². The molecule has 0 unspecified atom stereocenters. The van der Waals surface area contributed by atoms with Crippen LogP contribution in [0.15, 0.2) is 66.7 Å². The molecule has 0 aliphatic carbocycles. The number of halogens is 1. The van der Waals surface area contributed by atoms with Crippen LogP contribution >= 0.6 is 0 Å². The quantitative estimate of drug-likeness (QED) is 0.227. The zero-order valence-electron chi connectivity index (χ0n) is 24.0. The van der Waals surface area contributed by atoms with Crippen LogP contribution in [0.2, 0.25) is 0 Å². The number of aliphatic hydroxyl groups is 1. The number of methoxy groups -OCH3 is 1. The molecule has 3 aromatic rings. The average molecular weight is 674 g/mol. The molecular formula is C32H40IN3O5. The minimum absolute atomic E-state index is 0. The number of nitrogens with one attached hydrogen (secondary N) is 2. The Bertz CT molecular complexity index is 1310. The van der Waals surface area contributed by atoms with Gasteiger partial charge in [0.05, 0.1) is 52.3 Å². The van der Waals surface area contributed by atoms with Gasteiger partial charge in [-0.15, -0.1) is 0 Å². The molecule has 1 aliphatic rings. The Morgan fingerprint density at radius 1 is 0.927 bits per heavy atom. The smallest absolute Gasteiger partial charge is 0.411 e. The van der Waals surface area contributed by atoms with Crippen LogP contribution in [0.3, 0.4) is 0 Å². The highest BCUT2D eigenvalue weighted by molar-refractivity contribution is 5.93. The first kappa shape index (κ1) is 32.4. The molecule has 9 heteroatoms. The van der Waals surface area contributed by atoms with Crippen LogP contribution in [0.4, 0.5) is 16.2 Å². The molecule has 0 aromatic heterocycles. The van der Waals surface area contributed by atoms with Gasteiger partial charge in [-0.1, -0.05) is 48.5 Å². The lowest BCUT2D eigenvalue weighted by Crippen LogP contribution is -3.00. The van der Waals surface area contributed by atoms with E-state index in [2.05, 4.69) is 24.7 Å². The summed E-state index contributed by atoms with van der Waals surface area (Å²) in [6, 6.07) is 21.1. The summed E-state index contributed by atoms with van der Waals surface area (Å²) in [5.41, 5.74) is 4.91. The Hall–Kier alpha value is -3.15. The van der Waals surface area contributed by atoms with E-state index in [9.17, 15) is 14.7 Å². The summed E-state index contributed by atoms with van der Waals surface area (Å²) in [6.45, 7) is 1.87. The lowest BCUT2D eigenvalue weighted by molar-refractivity contribution is -0.896. The minimum atomic E-state index is -0.438. The first-order valence-electron chi connectivity index (χ1n) is 13.8. The number of aryl methyl sites for hydroxylation is 1. The molecule has 3 aromatic carbocycles. The highest BCUT2D eigenvalue weighted by Crippen LogP contribution is 2.30. The molecule has 41 heavy (non-hydrogen) atoms. The van der Waals surface area contributed by atoms with Crippen LogP contribution in [0.5, 0.6) is 5.75 Å². The number of hydrogen-bond donors (Lipinski definition) is 3. The number of benzene rings is 3. The molecule has 0 bridgehead atoms. The molecule has 1 saturated heterocycles. The van der Waals surface area contributed by atoms with Crippen LogP contribution in [0, 0.1) is 0 Å². The van der Waals surface area contributed by atoms with E-state index in [4.69, 9.17) is 9.47 Å². The summed E-state index contributed by atoms with van der Waals surface area (Å²) in [5, 5.41) is 15.2. The summed E-state index contributed by atoms with van der Waals surface area (Å²) < 4.78 is 12.1. The minimum Gasteiger partial charge on any atom is -1.00 e. The van der Waals surface area contributed by atoms with Gasteiger partial charge in [0.2, 0.25) is 5.91 Å². The molecule has 0 saturated carbocycles. The Morgan fingerprint density at radius 2 is 1.63 bits per heavy atom. The molecule has 8 nitrogen and oxygen atoms in total. The van der Waals surface area contributed by atoms with Crippen molar-refractivity contribution in [2.75, 3.05) is 44.9 Å². The van der Waals surface area contributed by atoms with E-state index in [0.717, 1.165) is 47.1 Å². The molecule has 1 aliphatic heterocycles. The standard InChI is InChI=1S/C32H39N3O5.HI/c1-35(2)18-16-26(17-19-35)40-32(38)34-29-20-23(12-14-27(29)25-9-5-4-6-10-25)8-7-11-31(37)33-28-15-13-24(22-36)21-30(28)39-3;/h4-6,9-10,12-15,20-21,26,36H,7-8,11,16-19,22H2,1-3H3,(H-,33,34,37,38);1H. The molecule has 0 spiro atoms. The van der Waals surface area contributed by atoms with Gasteiger partial charge in [0.1, 0.15) is 11.9 Å². The van der Waals surface area contributed by atoms with Gasteiger partial charge in [-0.2, -0.15) is 0 Å². The summed E-state index contributed by atoms with van der Waals surface area (Å²) in [4.78, 5) is 25.5. The number of nitrogens with zero attached hydrogens (tertiary/aromatic N) is 1. The van der Waals surface area contributed by atoms with Gasteiger partial charge in [-0.3, -0.25) is 10.1 Å². The summed E-state index contributed by atoms with van der Waals surface area (Å²) >= 11 is 0. The normalized spacial score (nSPS) is 14.4. The van der Waals surface area contributed by atoms with E-state index >= 15 is 0 Å².